The Bertz CT molecular complexity index is 950. The van der Waals surface area contributed by atoms with Gasteiger partial charge in [0, 0.05) is 16.6 Å². The zero-order valence-corrected chi connectivity index (χ0v) is 15.5. The van der Waals surface area contributed by atoms with Crippen molar-refractivity contribution in [3.63, 3.8) is 0 Å². The number of fused-ring (bicyclic) bond motifs is 1. The van der Waals surface area contributed by atoms with Gasteiger partial charge in [0.1, 0.15) is 5.75 Å². The number of alkyl halides is 3. The normalized spacial score (nSPS) is 11.9. The Balaban J connectivity index is 2.27. The van der Waals surface area contributed by atoms with Crippen molar-refractivity contribution in [1.29, 1.82) is 0 Å². The van der Waals surface area contributed by atoms with E-state index in [0.29, 0.717) is 34.8 Å². The third-order valence-corrected chi connectivity index (χ3v) is 4.87. The highest BCUT2D eigenvalue weighted by Gasteiger charge is 2.34. The van der Waals surface area contributed by atoms with E-state index in [2.05, 4.69) is 4.98 Å². The van der Waals surface area contributed by atoms with Crippen molar-refractivity contribution in [3.05, 3.63) is 52.5 Å². The first kappa shape index (κ1) is 19.6. The van der Waals surface area contributed by atoms with E-state index in [0.717, 1.165) is 30.0 Å². The second-order valence-electron chi connectivity index (χ2n) is 6.30. The van der Waals surface area contributed by atoms with Gasteiger partial charge in [-0.3, -0.25) is 0 Å². The molecule has 0 amide bonds. The molecule has 0 spiro atoms. The summed E-state index contributed by atoms with van der Waals surface area (Å²) >= 11 is 6.32. The first-order valence-corrected chi connectivity index (χ1v) is 8.99. The van der Waals surface area contributed by atoms with Crippen LogP contribution in [0.4, 0.5) is 13.2 Å². The Morgan fingerprint density at radius 3 is 2.59 bits per heavy atom. The number of hydrogen-bond acceptors (Lipinski definition) is 2. The Hall–Kier alpha value is -2.18. The van der Waals surface area contributed by atoms with Crippen LogP contribution < -0.4 is 10.5 Å². The number of nitrogens with one attached hydrogen (secondary N) is 1. The summed E-state index contributed by atoms with van der Waals surface area (Å²) in [4.78, 5) is 2.98. The number of hydrogen-bond donors (Lipinski definition) is 2. The minimum absolute atomic E-state index is 0.00979. The van der Waals surface area contributed by atoms with Gasteiger partial charge in [0.05, 0.1) is 23.2 Å². The van der Waals surface area contributed by atoms with E-state index in [4.69, 9.17) is 22.1 Å². The molecule has 0 atom stereocenters. The minimum atomic E-state index is -4.48. The van der Waals surface area contributed by atoms with Gasteiger partial charge in [-0.25, -0.2) is 0 Å². The van der Waals surface area contributed by atoms with Crippen LogP contribution in [0.5, 0.6) is 5.75 Å². The molecular formula is C20H20ClF3N2O. The molecule has 0 saturated heterocycles. The van der Waals surface area contributed by atoms with Gasteiger partial charge in [-0.2, -0.15) is 13.2 Å². The monoisotopic (exact) mass is 396 g/mol. The van der Waals surface area contributed by atoms with Gasteiger partial charge in [0.25, 0.3) is 0 Å². The number of aromatic nitrogens is 1. The smallest absolute Gasteiger partial charge is 0.418 e. The molecule has 0 aliphatic rings. The fourth-order valence-electron chi connectivity index (χ4n) is 3.28. The van der Waals surface area contributed by atoms with Crippen LogP contribution in [0.1, 0.15) is 24.0 Å². The molecule has 1 aromatic heterocycles. The molecule has 0 fully saturated rings. The predicted octanol–water partition coefficient (Wildman–Crippen LogP) is 5.80. The third-order valence-electron chi connectivity index (χ3n) is 4.55. The molecule has 0 unspecified atom stereocenters. The van der Waals surface area contributed by atoms with Crippen molar-refractivity contribution in [3.8, 4) is 17.0 Å². The van der Waals surface area contributed by atoms with E-state index in [1.807, 2.05) is 6.07 Å². The fourth-order valence-corrected chi connectivity index (χ4v) is 3.56. The summed E-state index contributed by atoms with van der Waals surface area (Å²) in [6, 6.07) is 9.53. The summed E-state index contributed by atoms with van der Waals surface area (Å²) in [5.41, 5.74) is 7.00. The summed E-state index contributed by atoms with van der Waals surface area (Å²) in [5.74, 6) is 0.626. The van der Waals surface area contributed by atoms with Crippen LogP contribution >= 0.6 is 11.6 Å². The lowest BCUT2D eigenvalue weighted by molar-refractivity contribution is -0.136. The molecule has 3 nitrogen and oxygen atoms in total. The maximum atomic E-state index is 13.5. The number of ether oxygens (including phenoxy) is 1. The molecule has 144 valence electrons. The number of halogens is 4. The number of unbranched alkanes of at least 4 members (excludes halogenated alkanes) is 1. The maximum absolute atomic E-state index is 13.5. The van der Waals surface area contributed by atoms with Gasteiger partial charge >= 0.3 is 6.18 Å². The number of aryl methyl sites for hydroxylation is 1. The van der Waals surface area contributed by atoms with E-state index in [1.54, 1.807) is 25.3 Å². The zero-order chi connectivity index (χ0) is 19.6. The molecule has 27 heavy (non-hydrogen) atoms. The van der Waals surface area contributed by atoms with Crippen LogP contribution in [-0.4, -0.2) is 18.6 Å². The molecule has 3 rings (SSSR count). The van der Waals surface area contributed by atoms with Crippen molar-refractivity contribution in [2.75, 3.05) is 13.7 Å². The Labute approximate surface area is 160 Å². The lowest BCUT2D eigenvalue weighted by Gasteiger charge is -2.09. The highest BCUT2D eigenvalue weighted by Crippen LogP contribution is 2.42. The third kappa shape index (κ3) is 3.92. The molecule has 3 aromatic rings. The molecular weight excluding hydrogens is 377 g/mol. The van der Waals surface area contributed by atoms with Gasteiger partial charge in [-0.05, 0) is 55.6 Å². The van der Waals surface area contributed by atoms with Crippen LogP contribution in [0.3, 0.4) is 0 Å². The molecule has 2 aromatic carbocycles. The highest BCUT2D eigenvalue weighted by molar-refractivity contribution is 6.36. The first-order valence-electron chi connectivity index (χ1n) is 8.61. The number of methoxy groups -OCH3 is 1. The Morgan fingerprint density at radius 2 is 1.93 bits per heavy atom. The molecule has 1 heterocycles. The molecule has 3 N–H and O–H groups in total. The van der Waals surface area contributed by atoms with E-state index in [9.17, 15) is 13.2 Å². The van der Waals surface area contributed by atoms with E-state index >= 15 is 0 Å². The topological polar surface area (TPSA) is 51.0 Å². The quantitative estimate of drug-likeness (QED) is 0.517. The Morgan fingerprint density at radius 1 is 1.15 bits per heavy atom. The second kappa shape index (κ2) is 7.82. The van der Waals surface area contributed by atoms with Crippen LogP contribution in [0.25, 0.3) is 22.2 Å². The second-order valence-corrected chi connectivity index (χ2v) is 6.71. The zero-order valence-electron chi connectivity index (χ0n) is 14.8. The van der Waals surface area contributed by atoms with Crippen LogP contribution in [-0.2, 0) is 12.6 Å². The number of nitrogens with two attached hydrogens (primary N) is 1. The SMILES string of the molecule is COc1cccc(-c2[nH]c3c(C(F)(F)F)ccc(Cl)c3c2CCCCN)c1. The van der Waals surface area contributed by atoms with Crippen molar-refractivity contribution in [1.82, 2.24) is 4.98 Å². The van der Waals surface area contributed by atoms with E-state index < -0.39 is 11.7 Å². The first-order chi connectivity index (χ1) is 12.9. The average Bonchev–Trinajstić information content (AvgIpc) is 3.01. The minimum Gasteiger partial charge on any atom is -0.497 e. The fraction of sp³-hybridized carbons (Fsp3) is 0.300. The maximum Gasteiger partial charge on any atom is 0.418 e. The van der Waals surface area contributed by atoms with Crippen LogP contribution in [0, 0.1) is 0 Å². The average molecular weight is 397 g/mol. The van der Waals surface area contributed by atoms with Crippen molar-refractivity contribution in [2.45, 2.75) is 25.4 Å². The van der Waals surface area contributed by atoms with Gasteiger partial charge in [0.15, 0.2) is 0 Å². The Kier molecular flexibility index (Phi) is 5.67. The standard InChI is InChI=1S/C20H20ClF3N2O/c1-27-13-6-4-5-12(11-13)18-14(7-2-3-10-25)17-16(21)9-8-15(19(17)26-18)20(22,23)24/h4-6,8-9,11,26H,2-3,7,10,25H2,1H3. The molecule has 0 radical (unpaired) electrons. The molecule has 0 aliphatic heterocycles. The summed E-state index contributed by atoms with van der Waals surface area (Å²) in [6.45, 7) is 0.526. The molecule has 0 aliphatic carbocycles. The summed E-state index contributed by atoms with van der Waals surface area (Å²) in [7, 11) is 1.55. The molecule has 0 saturated carbocycles. The predicted molar refractivity (Wildman–Crippen MR) is 102 cm³/mol. The van der Waals surface area contributed by atoms with Gasteiger partial charge in [0.2, 0.25) is 0 Å². The van der Waals surface area contributed by atoms with Crippen molar-refractivity contribution < 1.29 is 17.9 Å². The number of H-pyrrole nitrogens is 1. The lowest BCUT2D eigenvalue weighted by atomic mass is 9.99. The number of aromatic amines is 1. The number of benzene rings is 2. The number of rotatable bonds is 6. The van der Waals surface area contributed by atoms with Crippen LogP contribution in [0.2, 0.25) is 5.02 Å². The van der Waals surface area contributed by atoms with Crippen molar-refractivity contribution in [2.24, 2.45) is 5.73 Å². The van der Waals surface area contributed by atoms with E-state index in [1.165, 1.54) is 6.07 Å². The molecule has 0 bridgehead atoms. The van der Waals surface area contributed by atoms with E-state index in [-0.39, 0.29) is 5.52 Å². The van der Waals surface area contributed by atoms with Crippen LogP contribution in [0.15, 0.2) is 36.4 Å². The summed E-state index contributed by atoms with van der Waals surface area (Å²) < 4.78 is 45.8. The van der Waals surface area contributed by atoms with Gasteiger partial charge in [-0.1, -0.05) is 23.7 Å². The largest absolute Gasteiger partial charge is 0.497 e. The lowest BCUT2D eigenvalue weighted by Crippen LogP contribution is -2.05. The molecule has 7 heteroatoms. The van der Waals surface area contributed by atoms with Gasteiger partial charge < -0.3 is 15.5 Å². The summed E-state index contributed by atoms with van der Waals surface area (Å²) in [5, 5.41) is 0.715. The summed E-state index contributed by atoms with van der Waals surface area (Å²) in [6.07, 6.45) is -2.37. The van der Waals surface area contributed by atoms with Gasteiger partial charge in [-0.15, -0.1) is 0 Å². The van der Waals surface area contributed by atoms with Crippen molar-refractivity contribution >= 4 is 22.5 Å². The highest BCUT2D eigenvalue weighted by atomic mass is 35.5.